The maximum absolute atomic E-state index is 13.2. The van der Waals surface area contributed by atoms with Crippen molar-refractivity contribution in [2.45, 2.75) is 64.8 Å². The SMILES string of the molecule is CCC(CC)C(=O)Nc1ccc(Oc2c(C)c(C(=O)O)nn2C)c(S(=O)(=O)NC(C)(C)C)c1. The number of amides is 1. The molecule has 0 aliphatic rings. The minimum Gasteiger partial charge on any atom is -0.476 e. The quantitative estimate of drug-likeness (QED) is 0.497. The number of nitrogens with one attached hydrogen (secondary N) is 2. The van der Waals surface area contributed by atoms with Gasteiger partial charge in [-0.2, -0.15) is 5.10 Å². The fourth-order valence-electron chi connectivity index (χ4n) is 3.31. The van der Waals surface area contributed by atoms with Gasteiger partial charge in [0.2, 0.25) is 21.8 Å². The molecule has 0 radical (unpaired) electrons. The fourth-order valence-corrected chi connectivity index (χ4v) is 4.88. The molecule has 33 heavy (non-hydrogen) atoms. The molecule has 0 aliphatic heterocycles. The van der Waals surface area contributed by atoms with Crippen molar-refractivity contribution in [2.24, 2.45) is 13.0 Å². The van der Waals surface area contributed by atoms with Gasteiger partial charge in [-0.1, -0.05) is 13.8 Å². The minimum atomic E-state index is -4.07. The first kappa shape index (κ1) is 26.3. The number of carbonyl (C=O) groups is 2. The molecular weight excluding hydrogens is 448 g/mol. The Morgan fingerprint density at radius 2 is 1.82 bits per heavy atom. The maximum Gasteiger partial charge on any atom is 0.356 e. The molecule has 2 aromatic rings. The van der Waals surface area contributed by atoms with E-state index in [9.17, 15) is 23.1 Å². The highest BCUT2D eigenvalue weighted by molar-refractivity contribution is 7.89. The lowest BCUT2D eigenvalue weighted by atomic mass is 10.0. The van der Waals surface area contributed by atoms with Crippen molar-refractivity contribution in [1.82, 2.24) is 14.5 Å². The van der Waals surface area contributed by atoms with Gasteiger partial charge in [0.15, 0.2) is 5.69 Å². The van der Waals surface area contributed by atoms with Crippen LogP contribution in [0.2, 0.25) is 0 Å². The van der Waals surface area contributed by atoms with Crippen LogP contribution in [0.3, 0.4) is 0 Å². The molecule has 0 aliphatic carbocycles. The fraction of sp³-hybridized carbons (Fsp3) is 0.500. The van der Waals surface area contributed by atoms with Crippen LogP contribution in [0, 0.1) is 12.8 Å². The number of nitrogens with zero attached hydrogens (tertiary/aromatic N) is 2. The summed E-state index contributed by atoms with van der Waals surface area (Å²) in [6.07, 6.45) is 1.32. The van der Waals surface area contributed by atoms with E-state index >= 15 is 0 Å². The third-order valence-corrected chi connectivity index (χ3v) is 6.71. The molecule has 0 spiro atoms. The van der Waals surface area contributed by atoms with Crippen molar-refractivity contribution < 1.29 is 27.9 Å². The van der Waals surface area contributed by atoms with Crippen LogP contribution in [0.25, 0.3) is 0 Å². The van der Waals surface area contributed by atoms with Crippen LogP contribution >= 0.6 is 0 Å². The number of carboxylic acids is 1. The van der Waals surface area contributed by atoms with Crippen molar-refractivity contribution in [2.75, 3.05) is 5.32 Å². The molecule has 3 N–H and O–H groups in total. The number of aromatic nitrogens is 2. The summed E-state index contributed by atoms with van der Waals surface area (Å²) in [5, 5.41) is 16.0. The average molecular weight is 481 g/mol. The topological polar surface area (TPSA) is 140 Å². The van der Waals surface area contributed by atoms with Crippen LogP contribution in [0.1, 0.15) is 63.5 Å². The van der Waals surface area contributed by atoms with Crippen LogP contribution in [0.5, 0.6) is 11.6 Å². The summed E-state index contributed by atoms with van der Waals surface area (Å²) in [6, 6.07) is 4.29. The number of benzene rings is 1. The average Bonchev–Trinajstić information content (AvgIpc) is 2.96. The normalized spacial score (nSPS) is 12.1. The second-order valence-electron chi connectivity index (χ2n) is 8.83. The lowest BCUT2D eigenvalue weighted by molar-refractivity contribution is -0.120. The van der Waals surface area contributed by atoms with Gasteiger partial charge >= 0.3 is 5.97 Å². The Bertz CT molecular complexity index is 1140. The number of carbonyl (C=O) groups excluding carboxylic acids is 1. The highest BCUT2D eigenvalue weighted by atomic mass is 32.2. The van der Waals surface area contributed by atoms with Gasteiger partial charge in [-0.15, -0.1) is 0 Å². The van der Waals surface area contributed by atoms with Crippen molar-refractivity contribution in [3.8, 4) is 11.6 Å². The Hall–Kier alpha value is -2.92. The number of anilines is 1. The molecule has 0 saturated carbocycles. The summed E-state index contributed by atoms with van der Waals surface area (Å²) in [7, 11) is -2.57. The van der Waals surface area contributed by atoms with Crippen LogP contribution in [0.4, 0.5) is 5.69 Å². The van der Waals surface area contributed by atoms with E-state index in [2.05, 4.69) is 15.1 Å². The van der Waals surface area contributed by atoms with Crippen LogP contribution in [0.15, 0.2) is 23.1 Å². The van der Waals surface area contributed by atoms with E-state index in [1.807, 2.05) is 13.8 Å². The van der Waals surface area contributed by atoms with Gasteiger partial charge in [0.1, 0.15) is 10.6 Å². The predicted octanol–water partition coefficient (Wildman–Crippen LogP) is 3.67. The van der Waals surface area contributed by atoms with Crippen molar-refractivity contribution in [3.63, 3.8) is 0 Å². The molecule has 1 amide bonds. The molecule has 10 nitrogen and oxygen atoms in total. The number of hydrogen-bond donors (Lipinski definition) is 3. The van der Waals surface area contributed by atoms with E-state index in [1.54, 1.807) is 20.8 Å². The van der Waals surface area contributed by atoms with E-state index in [1.165, 1.54) is 36.9 Å². The molecule has 0 unspecified atom stereocenters. The Morgan fingerprint density at radius 3 is 2.30 bits per heavy atom. The number of ether oxygens (including phenoxy) is 1. The van der Waals surface area contributed by atoms with Gasteiger partial charge in [-0.05, 0) is 58.7 Å². The number of aryl methyl sites for hydroxylation is 1. The number of hydrogen-bond acceptors (Lipinski definition) is 6. The van der Waals surface area contributed by atoms with Crippen molar-refractivity contribution in [3.05, 3.63) is 29.5 Å². The third-order valence-electron chi connectivity index (χ3n) is 4.93. The van der Waals surface area contributed by atoms with E-state index in [-0.39, 0.29) is 39.6 Å². The first-order valence-corrected chi connectivity index (χ1v) is 12.1. The van der Waals surface area contributed by atoms with E-state index in [0.717, 1.165) is 0 Å². The summed E-state index contributed by atoms with van der Waals surface area (Å²) in [4.78, 5) is 23.7. The standard InChI is InChI=1S/C22H32N4O6S/c1-8-14(9-2)19(27)23-15-10-11-16(17(12-15)33(30,31)25-22(4,5)6)32-20-13(3)18(21(28)29)24-26(20)7/h10-12,14,25H,8-9H2,1-7H3,(H,23,27)(H,28,29). The molecule has 182 valence electrons. The Balaban J connectivity index is 2.57. The van der Waals surface area contributed by atoms with Gasteiger partial charge in [-0.25, -0.2) is 22.6 Å². The highest BCUT2D eigenvalue weighted by Gasteiger charge is 2.28. The Morgan fingerprint density at radius 1 is 1.21 bits per heavy atom. The maximum atomic E-state index is 13.2. The zero-order chi connectivity index (χ0) is 25.1. The summed E-state index contributed by atoms with van der Waals surface area (Å²) >= 11 is 0. The zero-order valence-electron chi connectivity index (χ0n) is 20.0. The molecule has 1 aromatic heterocycles. The molecule has 1 aromatic carbocycles. The first-order valence-electron chi connectivity index (χ1n) is 10.6. The number of carboxylic acid groups (broad SMARTS) is 1. The third kappa shape index (κ3) is 6.32. The van der Waals surface area contributed by atoms with Crippen LogP contribution in [-0.2, 0) is 21.9 Å². The second-order valence-corrected chi connectivity index (χ2v) is 10.5. The summed E-state index contributed by atoms with van der Waals surface area (Å²) in [6.45, 7) is 10.5. The largest absolute Gasteiger partial charge is 0.476 e. The van der Waals surface area contributed by atoms with Gasteiger partial charge in [0.25, 0.3) is 0 Å². The van der Waals surface area contributed by atoms with Gasteiger partial charge < -0.3 is 15.2 Å². The number of aromatic carboxylic acids is 1. The van der Waals surface area contributed by atoms with E-state index in [4.69, 9.17) is 4.74 Å². The van der Waals surface area contributed by atoms with Gasteiger partial charge in [-0.3, -0.25) is 4.79 Å². The number of rotatable bonds is 9. The van der Waals surface area contributed by atoms with Gasteiger partial charge in [0, 0.05) is 29.8 Å². The minimum absolute atomic E-state index is 0.0321. The molecule has 0 fully saturated rings. The summed E-state index contributed by atoms with van der Waals surface area (Å²) < 4.78 is 36.1. The van der Waals surface area contributed by atoms with Gasteiger partial charge in [0.05, 0.1) is 0 Å². The lowest BCUT2D eigenvalue weighted by Gasteiger charge is -2.22. The monoisotopic (exact) mass is 480 g/mol. The van der Waals surface area contributed by atoms with Crippen LogP contribution < -0.4 is 14.8 Å². The summed E-state index contributed by atoms with van der Waals surface area (Å²) in [5.41, 5.74) is -0.410. The smallest absolute Gasteiger partial charge is 0.356 e. The van der Waals surface area contributed by atoms with E-state index in [0.29, 0.717) is 18.5 Å². The number of sulfonamides is 1. The lowest BCUT2D eigenvalue weighted by Crippen LogP contribution is -2.40. The zero-order valence-corrected chi connectivity index (χ0v) is 20.8. The molecular formula is C22H32N4O6S. The molecule has 0 saturated heterocycles. The van der Waals surface area contributed by atoms with Crippen LogP contribution in [-0.4, -0.2) is 40.7 Å². The first-order chi connectivity index (χ1) is 15.2. The predicted molar refractivity (Wildman–Crippen MR) is 124 cm³/mol. The second kappa shape index (κ2) is 9.92. The Kier molecular flexibility index (Phi) is 7.91. The summed E-state index contributed by atoms with van der Waals surface area (Å²) in [5.74, 6) is -1.56. The molecule has 1 heterocycles. The van der Waals surface area contributed by atoms with Crippen molar-refractivity contribution in [1.29, 1.82) is 0 Å². The molecule has 11 heteroatoms. The Labute approximate surface area is 194 Å². The molecule has 0 atom stereocenters. The molecule has 2 rings (SSSR count). The highest BCUT2D eigenvalue weighted by Crippen LogP contribution is 2.34. The molecule has 0 bridgehead atoms. The van der Waals surface area contributed by atoms with Crippen molar-refractivity contribution >= 4 is 27.6 Å². The van der Waals surface area contributed by atoms with E-state index < -0.39 is 21.5 Å².